The predicted molar refractivity (Wildman–Crippen MR) is 86.1 cm³/mol. The van der Waals surface area contributed by atoms with E-state index in [1.807, 2.05) is 0 Å². The van der Waals surface area contributed by atoms with Crippen LogP contribution in [0, 0.1) is 0 Å². The van der Waals surface area contributed by atoms with Crippen LogP contribution in [0.25, 0.3) is 0 Å². The van der Waals surface area contributed by atoms with E-state index in [9.17, 15) is 0 Å². The van der Waals surface area contributed by atoms with Crippen LogP contribution >= 0.6 is 15.9 Å². The van der Waals surface area contributed by atoms with Gasteiger partial charge < -0.3 is 5.32 Å². The van der Waals surface area contributed by atoms with E-state index in [0.717, 1.165) is 48.3 Å². The summed E-state index contributed by atoms with van der Waals surface area (Å²) in [5, 5.41) is 15.1. The predicted octanol–water partition coefficient (Wildman–Crippen LogP) is 2.63. The maximum absolute atomic E-state index is 4.66. The maximum atomic E-state index is 4.66. The second-order valence-corrected chi connectivity index (χ2v) is 5.75. The van der Waals surface area contributed by atoms with Crippen LogP contribution in [0.2, 0.25) is 0 Å². The molecule has 1 atom stereocenters. The van der Waals surface area contributed by atoms with E-state index in [1.165, 1.54) is 5.69 Å². The molecule has 0 aliphatic heterocycles. The molecule has 0 aromatic carbocycles. The van der Waals surface area contributed by atoms with E-state index in [4.69, 9.17) is 0 Å². The zero-order valence-electron chi connectivity index (χ0n) is 12.9. The molecule has 0 radical (unpaired) electrons. The highest BCUT2D eigenvalue weighted by molar-refractivity contribution is 9.10. The van der Waals surface area contributed by atoms with E-state index in [1.54, 1.807) is 6.33 Å². The lowest BCUT2D eigenvalue weighted by Crippen LogP contribution is -2.26. The average Bonchev–Trinajstić information content (AvgIpc) is 3.12. The number of halogens is 1. The number of rotatable bonds is 8. The van der Waals surface area contributed by atoms with Crippen molar-refractivity contribution >= 4 is 15.9 Å². The molecule has 2 aromatic heterocycles. The highest BCUT2D eigenvalue weighted by Crippen LogP contribution is 2.26. The molecule has 1 unspecified atom stereocenters. The molecule has 2 aromatic rings. The topological polar surface area (TPSA) is 71.4 Å². The van der Waals surface area contributed by atoms with Crippen molar-refractivity contribution < 1.29 is 0 Å². The third-order valence-corrected chi connectivity index (χ3v) is 4.41. The molecule has 0 saturated carbocycles. The zero-order chi connectivity index (χ0) is 15.2. The lowest BCUT2D eigenvalue weighted by molar-refractivity contribution is 0.483. The van der Waals surface area contributed by atoms with Crippen LogP contribution in [-0.2, 0) is 19.4 Å². The van der Waals surface area contributed by atoms with Crippen LogP contribution in [-0.4, -0.2) is 31.5 Å². The van der Waals surface area contributed by atoms with E-state index in [2.05, 4.69) is 67.0 Å². The molecule has 0 amide bonds. The van der Waals surface area contributed by atoms with Gasteiger partial charge in [0.2, 0.25) is 0 Å². The molecule has 0 bridgehead atoms. The van der Waals surface area contributed by atoms with Crippen molar-refractivity contribution in [1.82, 2.24) is 30.3 Å². The molecular weight excluding hydrogens is 332 g/mol. The van der Waals surface area contributed by atoms with Gasteiger partial charge in [0.1, 0.15) is 12.2 Å². The van der Waals surface area contributed by atoms with Gasteiger partial charge in [-0.15, -0.1) is 0 Å². The number of nitrogens with zero attached hydrogens (tertiary/aromatic N) is 4. The normalized spacial score (nSPS) is 12.8. The van der Waals surface area contributed by atoms with Crippen molar-refractivity contribution in [3.63, 3.8) is 0 Å². The third kappa shape index (κ3) is 3.71. The molecule has 21 heavy (non-hydrogen) atoms. The molecule has 0 saturated heterocycles. The molecule has 0 aliphatic carbocycles. The van der Waals surface area contributed by atoms with E-state index >= 15 is 0 Å². The van der Waals surface area contributed by atoms with Gasteiger partial charge in [-0.05, 0) is 42.2 Å². The highest BCUT2D eigenvalue weighted by atomic mass is 79.9. The minimum atomic E-state index is 0.121. The Hall–Kier alpha value is -1.21. The van der Waals surface area contributed by atoms with E-state index in [0.29, 0.717) is 0 Å². The fourth-order valence-electron chi connectivity index (χ4n) is 2.37. The summed E-state index contributed by atoms with van der Waals surface area (Å²) in [7, 11) is 0. The zero-order valence-corrected chi connectivity index (χ0v) is 14.4. The summed E-state index contributed by atoms with van der Waals surface area (Å²) in [5.41, 5.74) is 2.32. The molecule has 6 nitrogen and oxygen atoms in total. The van der Waals surface area contributed by atoms with Crippen molar-refractivity contribution in [2.75, 3.05) is 6.54 Å². The molecular formula is C14H23BrN6. The molecule has 2 N–H and O–H groups in total. The van der Waals surface area contributed by atoms with Crippen molar-refractivity contribution in [3.8, 4) is 0 Å². The van der Waals surface area contributed by atoms with Crippen LogP contribution < -0.4 is 5.32 Å². The lowest BCUT2D eigenvalue weighted by atomic mass is 10.1. The van der Waals surface area contributed by atoms with Gasteiger partial charge in [-0.25, -0.2) is 4.98 Å². The number of aromatic amines is 1. The summed E-state index contributed by atoms with van der Waals surface area (Å²) in [5.74, 6) is 0.872. The fraction of sp³-hybridized carbons (Fsp3) is 0.643. The van der Waals surface area contributed by atoms with Crippen molar-refractivity contribution in [1.29, 1.82) is 0 Å². The summed E-state index contributed by atoms with van der Waals surface area (Å²) >= 11 is 3.71. The standard InChI is InChI=1S/C14H23BrN6/c1-4-7-16-11(14-17-9-18-19-14)8-12-13(15)10(5-2)20-21(12)6-3/h9,11,16H,4-8H2,1-3H3,(H,17,18,19). The molecule has 2 heterocycles. The van der Waals surface area contributed by atoms with E-state index < -0.39 is 0 Å². The van der Waals surface area contributed by atoms with Crippen LogP contribution in [0.3, 0.4) is 0 Å². The van der Waals surface area contributed by atoms with Gasteiger partial charge in [0.05, 0.1) is 21.9 Å². The molecule has 0 spiro atoms. The van der Waals surface area contributed by atoms with Gasteiger partial charge in [-0.3, -0.25) is 9.78 Å². The van der Waals surface area contributed by atoms with Crippen LogP contribution in [0.1, 0.15) is 50.4 Å². The highest BCUT2D eigenvalue weighted by Gasteiger charge is 2.21. The smallest absolute Gasteiger partial charge is 0.141 e. The van der Waals surface area contributed by atoms with Crippen LogP contribution in [0.4, 0.5) is 0 Å². The number of hydrogen-bond acceptors (Lipinski definition) is 4. The molecule has 7 heteroatoms. The molecule has 0 fully saturated rings. The minimum Gasteiger partial charge on any atom is -0.307 e. The maximum Gasteiger partial charge on any atom is 0.141 e. The first-order chi connectivity index (χ1) is 10.2. The second-order valence-electron chi connectivity index (χ2n) is 4.96. The van der Waals surface area contributed by atoms with Gasteiger partial charge in [0.25, 0.3) is 0 Å². The van der Waals surface area contributed by atoms with Crippen molar-refractivity contribution in [3.05, 3.63) is 28.0 Å². The Morgan fingerprint density at radius 1 is 1.38 bits per heavy atom. The Kier molecular flexibility index (Phi) is 5.93. The summed E-state index contributed by atoms with van der Waals surface area (Å²) in [6, 6.07) is 0.121. The Bertz CT molecular complexity index is 548. The first kappa shape index (κ1) is 16.2. The number of hydrogen-bond donors (Lipinski definition) is 2. The SMILES string of the molecule is CCCNC(Cc1c(Br)c(CC)nn1CC)c1ncn[nH]1. The van der Waals surface area contributed by atoms with E-state index in [-0.39, 0.29) is 6.04 Å². The number of aromatic nitrogens is 5. The lowest BCUT2D eigenvalue weighted by Gasteiger charge is -2.17. The van der Waals surface area contributed by atoms with Gasteiger partial charge >= 0.3 is 0 Å². The summed E-state index contributed by atoms with van der Waals surface area (Å²) < 4.78 is 3.19. The average molecular weight is 355 g/mol. The first-order valence-corrected chi connectivity index (χ1v) is 8.33. The summed E-state index contributed by atoms with van der Waals surface area (Å²) in [6.07, 6.45) is 4.39. The largest absolute Gasteiger partial charge is 0.307 e. The Morgan fingerprint density at radius 2 is 2.19 bits per heavy atom. The Labute approximate surface area is 133 Å². The number of H-pyrrole nitrogens is 1. The van der Waals surface area contributed by atoms with Crippen LogP contribution in [0.5, 0.6) is 0 Å². The fourth-order valence-corrected chi connectivity index (χ4v) is 3.10. The van der Waals surface area contributed by atoms with Crippen LogP contribution in [0.15, 0.2) is 10.8 Å². The summed E-state index contributed by atoms with van der Waals surface area (Å²) in [4.78, 5) is 4.30. The van der Waals surface area contributed by atoms with Gasteiger partial charge in [0, 0.05) is 13.0 Å². The van der Waals surface area contributed by atoms with Gasteiger partial charge in [0.15, 0.2) is 0 Å². The van der Waals surface area contributed by atoms with Crippen molar-refractivity contribution in [2.45, 2.75) is 52.6 Å². The monoisotopic (exact) mass is 354 g/mol. The summed E-state index contributed by atoms with van der Waals surface area (Å²) in [6.45, 7) is 8.21. The molecule has 2 rings (SSSR count). The van der Waals surface area contributed by atoms with Gasteiger partial charge in [-0.1, -0.05) is 13.8 Å². The second kappa shape index (κ2) is 7.70. The molecule has 0 aliphatic rings. The minimum absolute atomic E-state index is 0.121. The van der Waals surface area contributed by atoms with Gasteiger partial charge in [-0.2, -0.15) is 10.2 Å². The molecule has 116 valence electrons. The number of aryl methyl sites for hydroxylation is 2. The quantitative estimate of drug-likeness (QED) is 0.764. The number of nitrogens with one attached hydrogen (secondary N) is 2. The third-order valence-electron chi connectivity index (χ3n) is 3.50. The van der Waals surface area contributed by atoms with Crippen molar-refractivity contribution in [2.24, 2.45) is 0 Å². The Morgan fingerprint density at radius 3 is 2.76 bits per heavy atom. The first-order valence-electron chi connectivity index (χ1n) is 7.53. The Balaban J connectivity index is 2.25.